The zero-order chi connectivity index (χ0) is 17.9. The molecule has 1 aliphatic carbocycles. The Hall–Kier alpha value is -2.12. The molecule has 1 aromatic carbocycles. The van der Waals surface area contributed by atoms with E-state index in [0.717, 1.165) is 18.5 Å². The van der Waals surface area contributed by atoms with Gasteiger partial charge in [0.05, 0.1) is 0 Å². The highest BCUT2D eigenvalue weighted by atomic mass is 14.9. The first kappa shape index (κ1) is 19.9. The Morgan fingerprint density at radius 2 is 1.88 bits per heavy atom. The molecule has 0 aliphatic heterocycles. The lowest BCUT2D eigenvalue weighted by Gasteiger charge is -2.07. The summed E-state index contributed by atoms with van der Waals surface area (Å²) in [5, 5.41) is 2.34. The summed E-state index contributed by atoms with van der Waals surface area (Å²) in [7, 11) is 0. The van der Waals surface area contributed by atoms with E-state index in [2.05, 4.69) is 62.2 Å². The number of nitrogens with two attached hydrogens (primary N) is 1. The second-order valence-corrected chi connectivity index (χ2v) is 5.66. The van der Waals surface area contributed by atoms with Crippen molar-refractivity contribution in [3.8, 4) is 0 Å². The summed E-state index contributed by atoms with van der Waals surface area (Å²) >= 11 is 0. The Kier molecular flexibility index (Phi) is 8.81. The third-order valence-electron chi connectivity index (χ3n) is 4.06. The zero-order valence-electron chi connectivity index (χ0n) is 15.9. The molecule has 1 heteroatoms. The lowest BCUT2D eigenvalue weighted by molar-refractivity contribution is -0.598. The van der Waals surface area contributed by atoms with E-state index in [1.165, 1.54) is 28.0 Å². The molecular weight excluding hydrogens is 290 g/mol. The highest BCUT2D eigenvalue weighted by Gasteiger charge is 2.24. The standard InChI is InChI=1S/C21H25N.C2H6/c1-5-7-8-11-16(3)15-22-20-14-18-12-9-10-13-19(18)21(20)17(4)6-2;1-2/h5-13,22H,3,14-15H2,1-2,4H3;1-2H3/p+1/b7-5-,11-8-,17-6-;. The fourth-order valence-electron chi connectivity index (χ4n) is 2.79. The normalized spacial score (nSPS) is 14.1. The van der Waals surface area contributed by atoms with Crippen molar-refractivity contribution >= 4 is 5.57 Å². The molecule has 0 saturated carbocycles. The minimum atomic E-state index is 0.901. The monoisotopic (exact) mass is 322 g/mol. The second kappa shape index (κ2) is 10.6. The van der Waals surface area contributed by atoms with Crippen molar-refractivity contribution in [2.75, 3.05) is 6.54 Å². The molecule has 0 bridgehead atoms. The van der Waals surface area contributed by atoms with Gasteiger partial charge in [0.2, 0.25) is 0 Å². The van der Waals surface area contributed by atoms with Crippen molar-refractivity contribution in [2.45, 2.75) is 41.0 Å². The van der Waals surface area contributed by atoms with Crippen LogP contribution >= 0.6 is 0 Å². The summed E-state index contributed by atoms with van der Waals surface area (Å²) < 4.78 is 0. The van der Waals surface area contributed by atoms with E-state index in [4.69, 9.17) is 0 Å². The van der Waals surface area contributed by atoms with Crippen LogP contribution in [0.5, 0.6) is 0 Å². The van der Waals surface area contributed by atoms with E-state index in [9.17, 15) is 0 Å². The van der Waals surface area contributed by atoms with Gasteiger partial charge in [-0.25, -0.2) is 0 Å². The average molecular weight is 323 g/mol. The van der Waals surface area contributed by atoms with Gasteiger partial charge in [0.25, 0.3) is 0 Å². The Bertz CT molecular complexity index is 669. The van der Waals surface area contributed by atoms with Crippen LogP contribution in [0, 0.1) is 0 Å². The summed E-state index contributed by atoms with van der Waals surface area (Å²) in [4.78, 5) is 0. The third-order valence-corrected chi connectivity index (χ3v) is 4.06. The van der Waals surface area contributed by atoms with Gasteiger partial charge in [0, 0.05) is 12.0 Å². The smallest absolute Gasteiger partial charge is 0.118 e. The molecule has 0 aromatic heterocycles. The van der Waals surface area contributed by atoms with Crippen LogP contribution in [0.1, 0.15) is 45.7 Å². The Morgan fingerprint density at radius 1 is 1.17 bits per heavy atom. The molecule has 0 atom stereocenters. The van der Waals surface area contributed by atoms with Gasteiger partial charge in [-0.15, -0.1) is 0 Å². The number of hydrogen-bond acceptors (Lipinski definition) is 0. The molecule has 2 N–H and O–H groups in total. The molecule has 0 heterocycles. The number of fused-ring (bicyclic) bond motifs is 1. The maximum Gasteiger partial charge on any atom is 0.118 e. The topological polar surface area (TPSA) is 16.6 Å². The number of allylic oxidation sites excluding steroid dienone is 7. The highest BCUT2D eigenvalue weighted by molar-refractivity contribution is 5.84. The number of hydrogen-bond donors (Lipinski definition) is 1. The minimum Gasteiger partial charge on any atom is -0.313 e. The third kappa shape index (κ3) is 5.21. The minimum absolute atomic E-state index is 0.901. The largest absolute Gasteiger partial charge is 0.313 e. The van der Waals surface area contributed by atoms with Crippen LogP contribution in [-0.4, -0.2) is 6.54 Å². The maximum absolute atomic E-state index is 4.14. The van der Waals surface area contributed by atoms with Crippen molar-refractivity contribution in [1.82, 2.24) is 0 Å². The zero-order valence-corrected chi connectivity index (χ0v) is 15.9. The van der Waals surface area contributed by atoms with E-state index in [-0.39, 0.29) is 0 Å². The summed E-state index contributed by atoms with van der Waals surface area (Å²) in [6.45, 7) is 15.4. The molecular formula is C23H32N+. The lowest BCUT2D eigenvalue weighted by Crippen LogP contribution is -2.82. The molecule has 0 spiro atoms. The van der Waals surface area contributed by atoms with Crippen LogP contribution in [0.4, 0.5) is 0 Å². The van der Waals surface area contributed by atoms with Gasteiger partial charge < -0.3 is 5.32 Å². The molecule has 2 rings (SSSR count). The maximum atomic E-state index is 4.14. The van der Waals surface area contributed by atoms with Crippen molar-refractivity contribution in [1.29, 1.82) is 0 Å². The van der Waals surface area contributed by atoms with Gasteiger partial charge in [-0.1, -0.05) is 75.1 Å². The van der Waals surface area contributed by atoms with E-state index in [0.29, 0.717) is 0 Å². The van der Waals surface area contributed by atoms with Gasteiger partial charge >= 0.3 is 0 Å². The predicted octanol–water partition coefficient (Wildman–Crippen LogP) is 5.20. The predicted molar refractivity (Wildman–Crippen MR) is 108 cm³/mol. The summed E-state index contributed by atoms with van der Waals surface area (Å²) in [6.07, 6.45) is 11.4. The van der Waals surface area contributed by atoms with Crippen molar-refractivity contribution < 1.29 is 5.32 Å². The van der Waals surface area contributed by atoms with Gasteiger partial charge in [0.15, 0.2) is 0 Å². The SMILES string of the molecule is C=C(/C=C\C=C/C)C[NH2+]C1=C(/C(C)=C\C)c2ccccc2C1.CC. The number of benzene rings is 1. The molecule has 1 aliphatic rings. The van der Waals surface area contributed by atoms with E-state index >= 15 is 0 Å². The van der Waals surface area contributed by atoms with Crippen LogP contribution in [0.2, 0.25) is 0 Å². The first-order chi connectivity index (χ1) is 11.7. The van der Waals surface area contributed by atoms with Gasteiger partial charge in [-0.3, -0.25) is 0 Å². The van der Waals surface area contributed by atoms with Crippen LogP contribution in [-0.2, 0) is 6.42 Å². The Balaban J connectivity index is 0.00000139. The fraction of sp³-hybridized carbons (Fsp3) is 0.304. The first-order valence-electron chi connectivity index (χ1n) is 8.92. The summed E-state index contributed by atoms with van der Waals surface area (Å²) in [6, 6.07) is 8.73. The summed E-state index contributed by atoms with van der Waals surface area (Å²) in [5.74, 6) is 0. The lowest BCUT2D eigenvalue weighted by atomic mass is 10.00. The molecule has 1 nitrogen and oxygen atoms in total. The van der Waals surface area contributed by atoms with E-state index in [1.807, 2.05) is 39.0 Å². The van der Waals surface area contributed by atoms with Crippen molar-refractivity contribution in [2.24, 2.45) is 0 Å². The molecule has 0 radical (unpaired) electrons. The molecule has 0 fully saturated rings. The number of quaternary nitrogens is 1. The quantitative estimate of drug-likeness (QED) is 0.693. The van der Waals surface area contributed by atoms with Crippen LogP contribution in [0.15, 0.2) is 78.1 Å². The van der Waals surface area contributed by atoms with Crippen LogP contribution < -0.4 is 5.32 Å². The Morgan fingerprint density at radius 3 is 2.54 bits per heavy atom. The molecule has 128 valence electrons. The molecule has 0 saturated heterocycles. The van der Waals surface area contributed by atoms with E-state index in [1.54, 1.807) is 0 Å². The second-order valence-electron chi connectivity index (χ2n) is 5.66. The van der Waals surface area contributed by atoms with Gasteiger partial charge in [0.1, 0.15) is 12.2 Å². The van der Waals surface area contributed by atoms with Gasteiger partial charge in [-0.2, -0.15) is 0 Å². The van der Waals surface area contributed by atoms with Gasteiger partial charge in [-0.05, 0) is 43.0 Å². The number of rotatable bonds is 6. The summed E-state index contributed by atoms with van der Waals surface area (Å²) in [5.41, 5.74) is 8.14. The van der Waals surface area contributed by atoms with E-state index < -0.39 is 0 Å². The van der Waals surface area contributed by atoms with Crippen molar-refractivity contribution in [3.05, 3.63) is 89.2 Å². The fourth-order valence-corrected chi connectivity index (χ4v) is 2.79. The molecule has 0 amide bonds. The molecule has 24 heavy (non-hydrogen) atoms. The van der Waals surface area contributed by atoms with Crippen molar-refractivity contribution in [3.63, 3.8) is 0 Å². The van der Waals surface area contributed by atoms with Crippen LogP contribution in [0.3, 0.4) is 0 Å². The molecule has 1 aromatic rings. The average Bonchev–Trinajstić information content (AvgIpc) is 2.99. The first-order valence-corrected chi connectivity index (χ1v) is 8.92. The highest BCUT2D eigenvalue weighted by Crippen LogP contribution is 2.34. The molecule has 0 unspecified atom stereocenters. The van der Waals surface area contributed by atoms with Crippen LogP contribution in [0.25, 0.3) is 5.57 Å². The Labute approximate surface area is 148 Å².